The third-order valence-electron chi connectivity index (χ3n) is 2.95. The first-order valence-electron chi connectivity index (χ1n) is 6.98. The summed E-state index contributed by atoms with van der Waals surface area (Å²) in [5.41, 5.74) is 7.81. The standard InChI is InChI=1S/C17H21NO2/c1-2-19-16-9-4-10-17(13-16)20-11-5-7-14-6-3-8-15(18)12-14/h3-4,6,8-10,12-13H,2,5,7,11,18H2,1H3. The summed E-state index contributed by atoms with van der Waals surface area (Å²) in [5.74, 6) is 1.70. The molecule has 2 aromatic rings. The predicted molar refractivity (Wildman–Crippen MR) is 82.3 cm³/mol. The van der Waals surface area contributed by atoms with E-state index >= 15 is 0 Å². The molecule has 2 rings (SSSR count). The number of ether oxygens (including phenoxy) is 2. The normalized spacial score (nSPS) is 10.2. The van der Waals surface area contributed by atoms with E-state index in [2.05, 4.69) is 6.07 Å². The van der Waals surface area contributed by atoms with Gasteiger partial charge in [0.05, 0.1) is 13.2 Å². The Morgan fingerprint density at radius 3 is 2.45 bits per heavy atom. The van der Waals surface area contributed by atoms with Gasteiger partial charge >= 0.3 is 0 Å². The number of anilines is 1. The summed E-state index contributed by atoms with van der Waals surface area (Å²) in [5, 5.41) is 0. The maximum Gasteiger partial charge on any atom is 0.122 e. The summed E-state index contributed by atoms with van der Waals surface area (Å²) in [6, 6.07) is 15.7. The summed E-state index contributed by atoms with van der Waals surface area (Å²) in [6.07, 6.45) is 1.93. The molecule has 2 aromatic carbocycles. The molecule has 106 valence electrons. The molecule has 0 atom stereocenters. The first kappa shape index (κ1) is 14.3. The molecule has 0 aliphatic heterocycles. The van der Waals surface area contributed by atoms with Gasteiger partial charge in [0, 0.05) is 11.8 Å². The topological polar surface area (TPSA) is 44.5 Å². The van der Waals surface area contributed by atoms with Crippen molar-refractivity contribution < 1.29 is 9.47 Å². The van der Waals surface area contributed by atoms with Crippen molar-refractivity contribution in [2.24, 2.45) is 0 Å². The van der Waals surface area contributed by atoms with E-state index in [4.69, 9.17) is 15.2 Å². The Labute approximate surface area is 120 Å². The highest BCUT2D eigenvalue weighted by Gasteiger charge is 1.98. The van der Waals surface area contributed by atoms with E-state index in [1.165, 1.54) is 5.56 Å². The van der Waals surface area contributed by atoms with Gasteiger partial charge < -0.3 is 15.2 Å². The maximum atomic E-state index is 5.75. The first-order valence-corrected chi connectivity index (χ1v) is 6.98. The molecule has 20 heavy (non-hydrogen) atoms. The molecule has 0 amide bonds. The SMILES string of the molecule is CCOc1cccc(OCCCc2cccc(N)c2)c1. The third kappa shape index (κ3) is 4.50. The zero-order valence-electron chi connectivity index (χ0n) is 11.8. The van der Waals surface area contributed by atoms with Gasteiger partial charge in [0.15, 0.2) is 0 Å². The second-order valence-corrected chi connectivity index (χ2v) is 4.60. The molecule has 0 bridgehead atoms. The maximum absolute atomic E-state index is 5.75. The number of nitrogen functional groups attached to an aromatic ring is 1. The number of aryl methyl sites for hydroxylation is 1. The molecule has 3 heteroatoms. The van der Waals surface area contributed by atoms with Crippen LogP contribution in [-0.4, -0.2) is 13.2 Å². The van der Waals surface area contributed by atoms with Crippen molar-refractivity contribution in [2.75, 3.05) is 18.9 Å². The summed E-state index contributed by atoms with van der Waals surface area (Å²) in [7, 11) is 0. The van der Waals surface area contributed by atoms with Crippen LogP contribution in [0.15, 0.2) is 48.5 Å². The van der Waals surface area contributed by atoms with Gasteiger partial charge in [-0.3, -0.25) is 0 Å². The fraction of sp³-hybridized carbons (Fsp3) is 0.294. The zero-order valence-corrected chi connectivity index (χ0v) is 11.8. The predicted octanol–water partition coefficient (Wildman–Crippen LogP) is 3.68. The lowest BCUT2D eigenvalue weighted by molar-refractivity contribution is 0.304. The van der Waals surface area contributed by atoms with Crippen molar-refractivity contribution >= 4 is 5.69 Å². The molecular formula is C17H21NO2. The largest absolute Gasteiger partial charge is 0.494 e. The Kier molecular flexibility index (Phi) is 5.30. The van der Waals surface area contributed by atoms with E-state index in [1.807, 2.05) is 49.4 Å². The monoisotopic (exact) mass is 271 g/mol. The number of hydrogen-bond acceptors (Lipinski definition) is 3. The van der Waals surface area contributed by atoms with Gasteiger partial charge in [-0.1, -0.05) is 18.2 Å². The van der Waals surface area contributed by atoms with E-state index in [-0.39, 0.29) is 0 Å². The van der Waals surface area contributed by atoms with Gasteiger partial charge in [0.2, 0.25) is 0 Å². The summed E-state index contributed by atoms with van der Waals surface area (Å²) in [4.78, 5) is 0. The van der Waals surface area contributed by atoms with E-state index in [9.17, 15) is 0 Å². The lowest BCUT2D eigenvalue weighted by Gasteiger charge is -2.08. The lowest BCUT2D eigenvalue weighted by Crippen LogP contribution is -2.00. The van der Waals surface area contributed by atoms with Crippen molar-refractivity contribution in [3.63, 3.8) is 0 Å². The first-order chi connectivity index (χ1) is 9.78. The Morgan fingerprint density at radius 1 is 0.950 bits per heavy atom. The molecule has 0 aliphatic rings. The zero-order chi connectivity index (χ0) is 14.2. The van der Waals surface area contributed by atoms with Gasteiger partial charge in [-0.2, -0.15) is 0 Å². The van der Waals surface area contributed by atoms with Crippen LogP contribution < -0.4 is 15.2 Å². The van der Waals surface area contributed by atoms with E-state index < -0.39 is 0 Å². The second kappa shape index (κ2) is 7.43. The van der Waals surface area contributed by atoms with E-state index in [0.717, 1.165) is 30.0 Å². The Hall–Kier alpha value is -2.16. The van der Waals surface area contributed by atoms with Crippen LogP contribution >= 0.6 is 0 Å². The molecule has 0 saturated carbocycles. The van der Waals surface area contributed by atoms with Gasteiger partial charge in [-0.25, -0.2) is 0 Å². The minimum Gasteiger partial charge on any atom is -0.494 e. The molecule has 0 spiro atoms. The van der Waals surface area contributed by atoms with Crippen molar-refractivity contribution in [1.82, 2.24) is 0 Å². The summed E-state index contributed by atoms with van der Waals surface area (Å²) in [6.45, 7) is 3.32. The highest BCUT2D eigenvalue weighted by Crippen LogP contribution is 2.19. The molecule has 0 aromatic heterocycles. The highest BCUT2D eigenvalue weighted by molar-refractivity contribution is 5.40. The van der Waals surface area contributed by atoms with Gasteiger partial charge in [-0.15, -0.1) is 0 Å². The second-order valence-electron chi connectivity index (χ2n) is 4.60. The van der Waals surface area contributed by atoms with Crippen LogP contribution in [0.5, 0.6) is 11.5 Å². The Bertz CT molecular complexity index is 540. The minimum atomic E-state index is 0.666. The van der Waals surface area contributed by atoms with Crippen molar-refractivity contribution in [3.8, 4) is 11.5 Å². The van der Waals surface area contributed by atoms with Crippen LogP contribution in [-0.2, 0) is 6.42 Å². The van der Waals surface area contributed by atoms with Gasteiger partial charge in [-0.05, 0) is 49.6 Å². The van der Waals surface area contributed by atoms with E-state index in [1.54, 1.807) is 0 Å². The molecule has 0 heterocycles. The van der Waals surface area contributed by atoms with Crippen LogP contribution in [0.3, 0.4) is 0 Å². The van der Waals surface area contributed by atoms with Gasteiger partial charge in [0.25, 0.3) is 0 Å². The quantitative estimate of drug-likeness (QED) is 0.617. The molecule has 0 aliphatic carbocycles. The number of hydrogen-bond donors (Lipinski definition) is 1. The number of benzene rings is 2. The molecule has 0 fully saturated rings. The van der Waals surface area contributed by atoms with Crippen molar-refractivity contribution in [3.05, 3.63) is 54.1 Å². The lowest BCUT2D eigenvalue weighted by atomic mass is 10.1. The average Bonchev–Trinajstić information content (AvgIpc) is 2.45. The Morgan fingerprint density at radius 2 is 1.70 bits per heavy atom. The van der Waals surface area contributed by atoms with Gasteiger partial charge in [0.1, 0.15) is 11.5 Å². The number of rotatable bonds is 7. The van der Waals surface area contributed by atoms with Crippen molar-refractivity contribution in [1.29, 1.82) is 0 Å². The number of nitrogens with two attached hydrogens (primary N) is 1. The molecule has 0 radical (unpaired) electrons. The fourth-order valence-electron chi connectivity index (χ4n) is 2.04. The smallest absolute Gasteiger partial charge is 0.122 e. The molecular weight excluding hydrogens is 250 g/mol. The van der Waals surface area contributed by atoms with Crippen LogP contribution in [0.2, 0.25) is 0 Å². The molecule has 0 unspecified atom stereocenters. The molecule has 0 saturated heterocycles. The molecule has 3 nitrogen and oxygen atoms in total. The third-order valence-corrected chi connectivity index (χ3v) is 2.95. The fourth-order valence-corrected chi connectivity index (χ4v) is 2.04. The summed E-state index contributed by atoms with van der Waals surface area (Å²) < 4.78 is 11.2. The minimum absolute atomic E-state index is 0.666. The summed E-state index contributed by atoms with van der Waals surface area (Å²) >= 11 is 0. The van der Waals surface area contributed by atoms with Crippen LogP contribution in [0.25, 0.3) is 0 Å². The van der Waals surface area contributed by atoms with Crippen molar-refractivity contribution in [2.45, 2.75) is 19.8 Å². The average molecular weight is 271 g/mol. The highest BCUT2D eigenvalue weighted by atomic mass is 16.5. The Balaban J connectivity index is 1.77. The van der Waals surface area contributed by atoms with Crippen LogP contribution in [0.1, 0.15) is 18.9 Å². The molecule has 2 N–H and O–H groups in total. The van der Waals surface area contributed by atoms with E-state index in [0.29, 0.717) is 13.2 Å². The van der Waals surface area contributed by atoms with Crippen LogP contribution in [0, 0.1) is 0 Å². The van der Waals surface area contributed by atoms with Crippen LogP contribution in [0.4, 0.5) is 5.69 Å².